The van der Waals surface area contributed by atoms with Crippen LogP contribution < -0.4 is 25.4 Å². The number of methoxy groups -OCH3 is 1. The maximum atomic E-state index is 11.8. The molecule has 0 bridgehead atoms. The average Bonchev–Trinajstić information content (AvgIpc) is 2.76. The second-order valence-corrected chi connectivity index (χ2v) is 6.20. The standard InChI is InChI=1S/C22H30N4O3.HI/c1-4-23-21(27)18-8-6-17(7-9-18)16-26-22(24-5-2)25-14-15-29-20-12-10-19(28-3)11-13-20;/h6-13H,4-5,14-16H2,1-3H3,(H,23,27)(H2,24,25,26);1H. The van der Waals surface area contributed by atoms with Crippen LogP contribution in [0.2, 0.25) is 0 Å². The van der Waals surface area contributed by atoms with Gasteiger partial charge in [0.15, 0.2) is 5.96 Å². The summed E-state index contributed by atoms with van der Waals surface area (Å²) in [6, 6.07) is 15.0. The Kier molecular flexibility index (Phi) is 12.3. The number of ether oxygens (including phenoxy) is 2. The van der Waals surface area contributed by atoms with Gasteiger partial charge in [0.1, 0.15) is 18.1 Å². The van der Waals surface area contributed by atoms with Crippen molar-refractivity contribution in [3.8, 4) is 11.5 Å². The van der Waals surface area contributed by atoms with E-state index in [1.165, 1.54) is 0 Å². The molecule has 0 aromatic heterocycles. The van der Waals surface area contributed by atoms with Crippen LogP contribution in [0.3, 0.4) is 0 Å². The maximum absolute atomic E-state index is 11.8. The Morgan fingerprint density at radius 2 is 1.53 bits per heavy atom. The Balaban J connectivity index is 0.00000450. The summed E-state index contributed by atoms with van der Waals surface area (Å²) in [5.74, 6) is 2.26. The zero-order chi connectivity index (χ0) is 20.9. The van der Waals surface area contributed by atoms with Crippen LogP contribution in [-0.2, 0) is 6.54 Å². The molecule has 30 heavy (non-hydrogen) atoms. The van der Waals surface area contributed by atoms with Crippen LogP contribution in [-0.4, -0.2) is 45.2 Å². The van der Waals surface area contributed by atoms with Crippen LogP contribution in [0.1, 0.15) is 29.8 Å². The minimum Gasteiger partial charge on any atom is -0.497 e. The molecular weight excluding hydrogens is 495 g/mol. The summed E-state index contributed by atoms with van der Waals surface area (Å²) in [4.78, 5) is 16.4. The highest BCUT2D eigenvalue weighted by Crippen LogP contribution is 2.16. The summed E-state index contributed by atoms with van der Waals surface area (Å²) in [7, 11) is 1.64. The van der Waals surface area contributed by atoms with Gasteiger partial charge in [-0.15, -0.1) is 24.0 Å². The van der Waals surface area contributed by atoms with E-state index < -0.39 is 0 Å². The Morgan fingerprint density at radius 3 is 2.13 bits per heavy atom. The van der Waals surface area contributed by atoms with Crippen LogP contribution in [0.5, 0.6) is 11.5 Å². The third kappa shape index (κ3) is 8.89. The number of halogens is 1. The van der Waals surface area contributed by atoms with Crippen LogP contribution in [0.15, 0.2) is 53.5 Å². The van der Waals surface area contributed by atoms with Crippen molar-refractivity contribution in [1.29, 1.82) is 0 Å². The number of carbonyl (C=O) groups excluding carboxylic acids is 1. The van der Waals surface area contributed by atoms with E-state index in [4.69, 9.17) is 9.47 Å². The third-order valence-corrected chi connectivity index (χ3v) is 4.04. The number of nitrogens with one attached hydrogen (secondary N) is 3. The second kappa shape index (κ2) is 14.5. The van der Waals surface area contributed by atoms with Gasteiger partial charge < -0.3 is 25.4 Å². The molecule has 0 spiro atoms. The van der Waals surface area contributed by atoms with E-state index in [2.05, 4.69) is 20.9 Å². The zero-order valence-electron chi connectivity index (χ0n) is 17.7. The Morgan fingerprint density at radius 1 is 0.900 bits per heavy atom. The van der Waals surface area contributed by atoms with Crippen molar-refractivity contribution in [2.75, 3.05) is 33.4 Å². The minimum absolute atomic E-state index is 0. The fraction of sp³-hybridized carbons (Fsp3) is 0.364. The highest BCUT2D eigenvalue weighted by atomic mass is 127. The van der Waals surface area contributed by atoms with Gasteiger partial charge in [-0.1, -0.05) is 12.1 Å². The van der Waals surface area contributed by atoms with Gasteiger partial charge in [-0.2, -0.15) is 0 Å². The smallest absolute Gasteiger partial charge is 0.251 e. The number of hydrogen-bond donors (Lipinski definition) is 3. The number of benzene rings is 2. The first kappa shape index (κ1) is 25.5. The fourth-order valence-electron chi connectivity index (χ4n) is 2.55. The highest BCUT2D eigenvalue weighted by Gasteiger charge is 2.04. The first-order chi connectivity index (χ1) is 14.2. The lowest BCUT2D eigenvalue weighted by molar-refractivity contribution is 0.0956. The number of rotatable bonds is 10. The molecule has 0 heterocycles. The second-order valence-electron chi connectivity index (χ2n) is 6.20. The molecule has 2 aromatic rings. The van der Waals surface area contributed by atoms with E-state index in [1.807, 2.05) is 62.4 Å². The third-order valence-electron chi connectivity index (χ3n) is 4.04. The molecule has 2 rings (SSSR count). The quantitative estimate of drug-likeness (QED) is 0.192. The lowest BCUT2D eigenvalue weighted by Crippen LogP contribution is -2.39. The summed E-state index contributed by atoms with van der Waals surface area (Å²) in [6.45, 7) is 6.95. The predicted molar refractivity (Wildman–Crippen MR) is 131 cm³/mol. The number of hydrogen-bond acceptors (Lipinski definition) is 4. The predicted octanol–water partition coefficient (Wildman–Crippen LogP) is 3.20. The molecule has 0 atom stereocenters. The van der Waals surface area contributed by atoms with E-state index in [9.17, 15) is 4.79 Å². The molecule has 7 nitrogen and oxygen atoms in total. The summed E-state index contributed by atoms with van der Waals surface area (Å²) in [6.07, 6.45) is 0. The van der Waals surface area contributed by atoms with Gasteiger partial charge in [0.25, 0.3) is 5.91 Å². The number of aliphatic imine (C=N–C) groups is 1. The maximum Gasteiger partial charge on any atom is 0.251 e. The molecule has 3 N–H and O–H groups in total. The van der Waals surface area contributed by atoms with Crippen molar-refractivity contribution < 1.29 is 14.3 Å². The normalized spacial score (nSPS) is 10.6. The molecule has 0 saturated carbocycles. The minimum atomic E-state index is -0.0607. The summed E-state index contributed by atoms with van der Waals surface area (Å²) in [5, 5.41) is 9.26. The molecule has 0 fully saturated rings. The van der Waals surface area contributed by atoms with Crippen molar-refractivity contribution in [1.82, 2.24) is 16.0 Å². The van der Waals surface area contributed by atoms with Crippen molar-refractivity contribution in [2.45, 2.75) is 20.4 Å². The number of carbonyl (C=O) groups is 1. The van der Waals surface area contributed by atoms with Gasteiger partial charge >= 0.3 is 0 Å². The van der Waals surface area contributed by atoms with Gasteiger partial charge in [-0.05, 0) is 55.8 Å². The number of nitrogens with zero attached hydrogens (tertiary/aromatic N) is 1. The monoisotopic (exact) mass is 526 g/mol. The SMILES string of the molecule is CCNC(=O)c1ccc(CN=C(NCC)NCCOc2ccc(OC)cc2)cc1.I. The van der Waals surface area contributed by atoms with E-state index in [-0.39, 0.29) is 29.9 Å². The molecule has 1 amide bonds. The number of guanidine groups is 1. The molecule has 0 unspecified atom stereocenters. The number of amides is 1. The zero-order valence-corrected chi connectivity index (χ0v) is 20.1. The van der Waals surface area contributed by atoms with Crippen LogP contribution in [0, 0.1) is 0 Å². The molecule has 8 heteroatoms. The van der Waals surface area contributed by atoms with Gasteiger partial charge in [-0.25, -0.2) is 4.99 Å². The van der Waals surface area contributed by atoms with Gasteiger partial charge in [0.2, 0.25) is 0 Å². The lowest BCUT2D eigenvalue weighted by atomic mass is 10.1. The Bertz CT molecular complexity index is 780. The fourth-order valence-corrected chi connectivity index (χ4v) is 2.55. The van der Waals surface area contributed by atoms with Crippen molar-refractivity contribution in [2.24, 2.45) is 4.99 Å². The van der Waals surface area contributed by atoms with Crippen molar-refractivity contribution in [3.05, 3.63) is 59.7 Å². The largest absolute Gasteiger partial charge is 0.497 e. The van der Waals surface area contributed by atoms with Gasteiger partial charge in [0.05, 0.1) is 20.2 Å². The van der Waals surface area contributed by atoms with Crippen LogP contribution >= 0.6 is 24.0 Å². The van der Waals surface area contributed by atoms with E-state index >= 15 is 0 Å². The van der Waals surface area contributed by atoms with Gasteiger partial charge in [-0.3, -0.25) is 4.79 Å². The molecule has 0 aliphatic carbocycles. The van der Waals surface area contributed by atoms with E-state index in [0.29, 0.717) is 31.8 Å². The van der Waals surface area contributed by atoms with Crippen molar-refractivity contribution in [3.63, 3.8) is 0 Å². The Hall–Kier alpha value is -2.49. The van der Waals surface area contributed by atoms with Crippen LogP contribution in [0.4, 0.5) is 0 Å². The molecule has 2 aromatic carbocycles. The summed E-state index contributed by atoms with van der Waals surface area (Å²) >= 11 is 0. The first-order valence-corrected chi connectivity index (χ1v) is 9.82. The summed E-state index contributed by atoms with van der Waals surface area (Å²) in [5.41, 5.74) is 1.69. The first-order valence-electron chi connectivity index (χ1n) is 9.82. The van der Waals surface area contributed by atoms with E-state index in [0.717, 1.165) is 29.6 Å². The molecule has 0 saturated heterocycles. The van der Waals surface area contributed by atoms with Gasteiger partial charge in [0, 0.05) is 18.7 Å². The van der Waals surface area contributed by atoms with Crippen LogP contribution in [0.25, 0.3) is 0 Å². The molecule has 164 valence electrons. The Labute approximate surface area is 195 Å². The van der Waals surface area contributed by atoms with Crippen molar-refractivity contribution >= 4 is 35.8 Å². The molecule has 0 radical (unpaired) electrons. The molecule has 0 aliphatic heterocycles. The average molecular weight is 526 g/mol. The lowest BCUT2D eigenvalue weighted by Gasteiger charge is -2.12. The molecular formula is C22H31IN4O3. The topological polar surface area (TPSA) is 84.0 Å². The molecule has 0 aliphatic rings. The van der Waals surface area contributed by atoms with E-state index in [1.54, 1.807) is 7.11 Å². The highest BCUT2D eigenvalue weighted by molar-refractivity contribution is 14.0. The summed E-state index contributed by atoms with van der Waals surface area (Å²) < 4.78 is 10.8.